The molecule has 3 heterocycles. The summed E-state index contributed by atoms with van der Waals surface area (Å²) in [7, 11) is 0. The van der Waals surface area contributed by atoms with Crippen molar-refractivity contribution in [2.45, 2.75) is 13.0 Å². The Labute approximate surface area is 196 Å². The quantitative estimate of drug-likeness (QED) is 0.443. The molecule has 176 valence electrons. The van der Waals surface area contributed by atoms with Gasteiger partial charge < -0.3 is 20.2 Å². The highest BCUT2D eigenvalue weighted by Crippen LogP contribution is 2.22. The minimum absolute atomic E-state index is 0.135. The third-order valence-corrected chi connectivity index (χ3v) is 5.61. The van der Waals surface area contributed by atoms with Gasteiger partial charge >= 0.3 is 0 Å². The molecule has 1 aliphatic rings. The van der Waals surface area contributed by atoms with Crippen molar-refractivity contribution in [1.82, 2.24) is 14.8 Å². The number of amides is 2. The van der Waals surface area contributed by atoms with E-state index >= 15 is 0 Å². The lowest BCUT2D eigenvalue weighted by molar-refractivity contribution is -0.605. The zero-order chi connectivity index (χ0) is 24.1. The summed E-state index contributed by atoms with van der Waals surface area (Å²) in [5.74, 6) is 0.637. The van der Waals surface area contributed by atoms with Gasteiger partial charge in [-0.3, -0.25) is 14.5 Å². The summed E-state index contributed by atoms with van der Waals surface area (Å²) in [6.45, 7) is 3.87. The maximum atomic E-state index is 13.0. The third kappa shape index (κ3) is 5.65. The predicted octanol–water partition coefficient (Wildman–Crippen LogP) is 2.43. The summed E-state index contributed by atoms with van der Waals surface area (Å²) >= 11 is 0. The lowest BCUT2D eigenvalue weighted by Gasteiger charge is -2.37. The summed E-state index contributed by atoms with van der Waals surface area (Å²) in [4.78, 5) is 33.2. The molecule has 1 aliphatic heterocycles. The van der Waals surface area contributed by atoms with E-state index in [0.717, 1.165) is 0 Å². The van der Waals surface area contributed by atoms with Gasteiger partial charge in [-0.1, -0.05) is 0 Å². The second-order valence-corrected chi connectivity index (χ2v) is 7.88. The van der Waals surface area contributed by atoms with Gasteiger partial charge in [-0.15, -0.1) is 0 Å². The van der Waals surface area contributed by atoms with Gasteiger partial charge in [0.05, 0.1) is 17.8 Å². The van der Waals surface area contributed by atoms with E-state index in [1.54, 1.807) is 17.0 Å². The Kier molecular flexibility index (Phi) is 6.98. The van der Waals surface area contributed by atoms with E-state index in [1.165, 1.54) is 55.0 Å². The Morgan fingerprint density at radius 2 is 1.68 bits per heavy atom. The summed E-state index contributed by atoms with van der Waals surface area (Å²) in [6, 6.07) is 11.5. The van der Waals surface area contributed by atoms with E-state index in [-0.39, 0.29) is 17.6 Å². The molecule has 0 aliphatic carbocycles. The Morgan fingerprint density at radius 1 is 1.03 bits per heavy atom. The zero-order valence-electron chi connectivity index (χ0n) is 18.6. The minimum Gasteiger partial charge on any atom is -0.619 e. The molecule has 1 aromatic carbocycles. The van der Waals surface area contributed by atoms with Crippen molar-refractivity contribution in [3.8, 4) is 11.5 Å². The van der Waals surface area contributed by atoms with Crippen LogP contribution in [0.1, 0.15) is 17.3 Å². The molecule has 4 rings (SSSR count). The number of hydrogen-bond acceptors (Lipinski definition) is 6. The normalized spacial score (nSPS) is 14.9. The average molecular weight is 465 g/mol. The van der Waals surface area contributed by atoms with E-state index in [9.17, 15) is 19.2 Å². The van der Waals surface area contributed by atoms with E-state index in [1.807, 2.05) is 11.8 Å². The predicted molar refractivity (Wildman–Crippen MR) is 122 cm³/mol. The van der Waals surface area contributed by atoms with Gasteiger partial charge in [0.15, 0.2) is 12.4 Å². The number of hydrogen-bond donors (Lipinski definition) is 1. The van der Waals surface area contributed by atoms with Crippen LogP contribution in [0, 0.1) is 11.0 Å². The molecule has 2 amide bonds. The van der Waals surface area contributed by atoms with Crippen LogP contribution >= 0.6 is 0 Å². The van der Waals surface area contributed by atoms with E-state index in [0.29, 0.717) is 53.8 Å². The molecule has 0 spiro atoms. The van der Waals surface area contributed by atoms with E-state index in [4.69, 9.17) is 4.74 Å². The number of anilines is 1. The fraction of sp³-hybridized carbons (Fsp3) is 0.250. The number of carbonyl (C=O) groups is 2. The molecule has 2 aromatic heterocycles. The second-order valence-electron chi connectivity index (χ2n) is 7.88. The Hall–Kier alpha value is -4.05. The fourth-order valence-electron chi connectivity index (χ4n) is 3.60. The standard InChI is InChI=1S/C24H24FN5O4/c1-17(28-12-14-29(15-13-28)24(32)18-8-10-30(33)11-9-18)23(31)27-22-7-6-21(16-26-22)34-20-4-2-19(25)3-5-20/h2-11,16-17H,12-15H2,1H3,(H,26,27,31). The number of piperazine rings is 1. The van der Waals surface area contributed by atoms with Gasteiger partial charge in [-0.05, 0) is 43.3 Å². The van der Waals surface area contributed by atoms with Crippen molar-refractivity contribution in [3.63, 3.8) is 0 Å². The van der Waals surface area contributed by atoms with Crippen molar-refractivity contribution in [2.24, 2.45) is 0 Å². The first kappa shape index (κ1) is 23.1. The number of benzene rings is 1. The molecular formula is C24H24FN5O4. The molecule has 0 radical (unpaired) electrons. The SMILES string of the molecule is CC(C(=O)Nc1ccc(Oc2ccc(F)cc2)cn1)N1CCN(C(=O)c2cc[n+]([O-])cc2)CC1. The Bertz CT molecular complexity index is 1130. The number of nitrogens with one attached hydrogen (secondary N) is 1. The van der Waals surface area contributed by atoms with Gasteiger partial charge in [-0.25, -0.2) is 9.37 Å². The molecular weight excluding hydrogens is 441 g/mol. The van der Waals surface area contributed by atoms with Gasteiger partial charge in [-0.2, -0.15) is 4.73 Å². The van der Waals surface area contributed by atoms with Gasteiger partial charge in [0.25, 0.3) is 5.91 Å². The molecule has 1 N–H and O–H groups in total. The van der Waals surface area contributed by atoms with Gasteiger partial charge in [0.1, 0.15) is 23.1 Å². The van der Waals surface area contributed by atoms with Crippen molar-refractivity contribution >= 4 is 17.6 Å². The maximum Gasteiger partial charge on any atom is 0.254 e. The topological polar surface area (TPSA) is 102 Å². The first-order valence-electron chi connectivity index (χ1n) is 10.8. The van der Waals surface area contributed by atoms with E-state index in [2.05, 4.69) is 10.3 Å². The molecule has 1 unspecified atom stereocenters. The molecule has 0 saturated carbocycles. The average Bonchev–Trinajstić information content (AvgIpc) is 2.86. The Morgan fingerprint density at radius 3 is 2.29 bits per heavy atom. The molecule has 34 heavy (non-hydrogen) atoms. The number of halogens is 1. The molecule has 1 saturated heterocycles. The van der Waals surface area contributed by atoms with Crippen LogP contribution in [0.5, 0.6) is 11.5 Å². The fourth-order valence-corrected chi connectivity index (χ4v) is 3.60. The van der Waals surface area contributed by atoms with Crippen LogP contribution < -0.4 is 14.8 Å². The third-order valence-electron chi connectivity index (χ3n) is 5.61. The molecule has 9 nitrogen and oxygen atoms in total. The van der Waals surface area contributed by atoms with Crippen molar-refractivity contribution in [1.29, 1.82) is 0 Å². The summed E-state index contributed by atoms with van der Waals surface area (Å²) < 4.78 is 19.2. The van der Waals surface area contributed by atoms with Crippen molar-refractivity contribution in [3.05, 3.63) is 83.7 Å². The van der Waals surface area contributed by atoms with Crippen LogP contribution in [-0.2, 0) is 4.79 Å². The minimum atomic E-state index is -0.412. The summed E-state index contributed by atoms with van der Waals surface area (Å²) in [6.07, 6.45) is 4.07. The lowest BCUT2D eigenvalue weighted by Crippen LogP contribution is -2.54. The van der Waals surface area contributed by atoms with Crippen LogP contribution in [0.3, 0.4) is 0 Å². The zero-order valence-corrected chi connectivity index (χ0v) is 18.6. The number of carbonyl (C=O) groups excluding carboxylic acids is 2. The number of pyridine rings is 2. The largest absolute Gasteiger partial charge is 0.619 e. The smallest absolute Gasteiger partial charge is 0.254 e. The summed E-state index contributed by atoms with van der Waals surface area (Å²) in [5.41, 5.74) is 0.462. The second kappa shape index (κ2) is 10.3. The number of aromatic nitrogens is 2. The maximum absolute atomic E-state index is 13.0. The first-order chi connectivity index (χ1) is 16.4. The van der Waals surface area contributed by atoms with E-state index < -0.39 is 6.04 Å². The highest BCUT2D eigenvalue weighted by molar-refractivity contribution is 5.94. The molecule has 1 fully saturated rings. The lowest BCUT2D eigenvalue weighted by atomic mass is 10.2. The molecule has 10 heteroatoms. The van der Waals surface area contributed by atoms with Crippen LogP contribution in [0.15, 0.2) is 67.1 Å². The van der Waals surface area contributed by atoms with Crippen LogP contribution in [-0.4, -0.2) is 58.8 Å². The number of ether oxygens (including phenoxy) is 1. The number of rotatable bonds is 6. The van der Waals surface area contributed by atoms with Gasteiger partial charge in [0, 0.05) is 38.3 Å². The van der Waals surface area contributed by atoms with Gasteiger partial charge in [0.2, 0.25) is 5.91 Å². The monoisotopic (exact) mass is 465 g/mol. The summed E-state index contributed by atoms with van der Waals surface area (Å²) in [5, 5.41) is 14.0. The molecule has 0 bridgehead atoms. The molecule has 1 atom stereocenters. The van der Waals surface area contributed by atoms with Crippen LogP contribution in [0.4, 0.5) is 10.2 Å². The Balaban J connectivity index is 1.27. The first-order valence-corrected chi connectivity index (χ1v) is 10.8. The van der Waals surface area contributed by atoms with Crippen molar-refractivity contribution < 1.29 is 23.4 Å². The van der Waals surface area contributed by atoms with Crippen LogP contribution in [0.25, 0.3) is 0 Å². The van der Waals surface area contributed by atoms with Crippen molar-refractivity contribution in [2.75, 3.05) is 31.5 Å². The highest BCUT2D eigenvalue weighted by atomic mass is 19.1. The van der Waals surface area contributed by atoms with Crippen LogP contribution in [0.2, 0.25) is 0 Å². The highest BCUT2D eigenvalue weighted by Gasteiger charge is 2.28. The molecule has 3 aromatic rings. The number of nitrogens with zero attached hydrogens (tertiary/aromatic N) is 4.